The van der Waals surface area contributed by atoms with E-state index in [-0.39, 0.29) is 5.56 Å². The summed E-state index contributed by atoms with van der Waals surface area (Å²) < 4.78 is 1.56. The van der Waals surface area contributed by atoms with E-state index in [1.807, 2.05) is 48.5 Å². The number of aromatic nitrogens is 2. The van der Waals surface area contributed by atoms with Crippen LogP contribution in [0.15, 0.2) is 64.6 Å². The first-order valence-electron chi connectivity index (χ1n) is 8.43. The minimum Gasteiger partial charge on any atom is -0.356 e. The summed E-state index contributed by atoms with van der Waals surface area (Å²) in [4.78, 5) is 19.8. The Balaban J connectivity index is 1.76. The second-order valence-electron chi connectivity index (χ2n) is 6.01. The Bertz CT molecular complexity index is 958. The SMILES string of the molecule is O=c1c(/C=N/Nc2ccccc2)c(N2CCCC2)nc2ccccn12. The second-order valence-corrected chi connectivity index (χ2v) is 6.01. The molecule has 4 rings (SSSR count). The van der Waals surface area contributed by atoms with Gasteiger partial charge in [0, 0.05) is 19.3 Å². The van der Waals surface area contributed by atoms with Crippen LogP contribution in [0.25, 0.3) is 5.65 Å². The minimum atomic E-state index is -0.105. The molecule has 25 heavy (non-hydrogen) atoms. The third-order valence-corrected chi connectivity index (χ3v) is 4.32. The molecule has 0 aliphatic carbocycles. The number of hydrogen-bond acceptors (Lipinski definition) is 5. The lowest BCUT2D eigenvalue weighted by Crippen LogP contribution is -2.28. The van der Waals surface area contributed by atoms with Crippen molar-refractivity contribution in [1.82, 2.24) is 9.38 Å². The van der Waals surface area contributed by atoms with E-state index >= 15 is 0 Å². The summed E-state index contributed by atoms with van der Waals surface area (Å²) in [5.41, 5.74) is 4.89. The van der Waals surface area contributed by atoms with Crippen molar-refractivity contribution >= 4 is 23.4 Å². The molecule has 0 spiro atoms. The van der Waals surface area contributed by atoms with Crippen LogP contribution in [-0.2, 0) is 0 Å². The van der Waals surface area contributed by atoms with Gasteiger partial charge < -0.3 is 4.90 Å². The molecule has 1 saturated heterocycles. The van der Waals surface area contributed by atoms with Gasteiger partial charge in [-0.2, -0.15) is 5.10 Å². The Kier molecular flexibility index (Phi) is 4.16. The number of hydrogen-bond donors (Lipinski definition) is 1. The summed E-state index contributed by atoms with van der Waals surface area (Å²) in [5, 5.41) is 4.26. The first kappa shape index (κ1) is 15.4. The number of nitrogens with zero attached hydrogens (tertiary/aromatic N) is 4. The number of pyridine rings is 1. The van der Waals surface area contributed by atoms with Gasteiger partial charge in [0.2, 0.25) is 0 Å². The van der Waals surface area contributed by atoms with E-state index in [9.17, 15) is 4.79 Å². The van der Waals surface area contributed by atoms with Gasteiger partial charge in [-0.05, 0) is 37.1 Å². The molecule has 0 bridgehead atoms. The summed E-state index contributed by atoms with van der Waals surface area (Å²) >= 11 is 0. The standard InChI is InChI=1S/C19H19N5O/c25-19-16(14-20-22-15-8-2-1-3-9-15)18(23-11-6-7-12-23)21-17-10-4-5-13-24(17)19/h1-5,8-10,13-14,22H,6-7,11-12H2/b20-14+. The molecule has 1 aliphatic rings. The van der Waals surface area contributed by atoms with Crippen LogP contribution in [0.1, 0.15) is 18.4 Å². The molecule has 1 aliphatic heterocycles. The van der Waals surface area contributed by atoms with Gasteiger partial charge in [0.1, 0.15) is 17.0 Å². The van der Waals surface area contributed by atoms with Gasteiger partial charge in [-0.25, -0.2) is 4.98 Å². The molecule has 126 valence electrons. The average Bonchev–Trinajstić information content (AvgIpc) is 3.19. The molecular weight excluding hydrogens is 314 g/mol. The van der Waals surface area contributed by atoms with Crippen LogP contribution >= 0.6 is 0 Å². The Morgan fingerprint density at radius 1 is 1.04 bits per heavy atom. The third-order valence-electron chi connectivity index (χ3n) is 4.32. The monoisotopic (exact) mass is 333 g/mol. The summed E-state index contributed by atoms with van der Waals surface area (Å²) in [5.74, 6) is 0.715. The maximum Gasteiger partial charge on any atom is 0.268 e. The van der Waals surface area contributed by atoms with Crippen LogP contribution in [0.3, 0.4) is 0 Å². The lowest BCUT2D eigenvalue weighted by atomic mass is 10.3. The molecule has 3 heterocycles. The molecule has 2 aromatic heterocycles. The maximum absolute atomic E-state index is 12.9. The van der Waals surface area contributed by atoms with Crippen molar-refractivity contribution in [3.8, 4) is 0 Å². The van der Waals surface area contributed by atoms with Gasteiger partial charge in [-0.3, -0.25) is 14.6 Å². The first-order chi connectivity index (χ1) is 12.3. The first-order valence-corrected chi connectivity index (χ1v) is 8.43. The number of fused-ring (bicyclic) bond motifs is 1. The third kappa shape index (κ3) is 3.10. The van der Waals surface area contributed by atoms with Crippen LogP contribution in [0.2, 0.25) is 0 Å². The zero-order valence-electron chi connectivity index (χ0n) is 13.8. The van der Waals surface area contributed by atoms with Crippen molar-refractivity contribution in [2.45, 2.75) is 12.8 Å². The van der Waals surface area contributed by atoms with E-state index in [2.05, 4.69) is 15.4 Å². The van der Waals surface area contributed by atoms with Crippen molar-refractivity contribution < 1.29 is 0 Å². The van der Waals surface area contributed by atoms with E-state index in [0.29, 0.717) is 17.0 Å². The fraction of sp³-hybridized carbons (Fsp3) is 0.211. The summed E-state index contributed by atoms with van der Waals surface area (Å²) in [6, 6.07) is 15.2. The van der Waals surface area contributed by atoms with E-state index < -0.39 is 0 Å². The highest BCUT2D eigenvalue weighted by atomic mass is 16.1. The molecule has 0 amide bonds. The predicted molar refractivity (Wildman–Crippen MR) is 101 cm³/mol. The average molecular weight is 333 g/mol. The van der Waals surface area contributed by atoms with E-state index in [4.69, 9.17) is 4.98 Å². The van der Waals surface area contributed by atoms with Gasteiger partial charge in [0.15, 0.2) is 0 Å². The van der Waals surface area contributed by atoms with Gasteiger partial charge in [0.25, 0.3) is 5.56 Å². The summed E-state index contributed by atoms with van der Waals surface area (Å²) in [6.45, 7) is 1.84. The topological polar surface area (TPSA) is 62.0 Å². The van der Waals surface area contributed by atoms with E-state index in [1.165, 1.54) is 0 Å². The van der Waals surface area contributed by atoms with Crippen LogP contribution in [0.4, 0.5) is 11.5 Å². The highest BCUT2D eigenvalue weighted by molar-refractivity contribution is 5.87. The molecule has 1 aromatic carbocycles. The Hall–Kier alpha value is -3.15. The molecule has 0 unspecified atom stereocenters. The number of nitrogens with one attached hydrogen (secondary N) is 1. The van der Waals surface area contributed by atoms with Crippen molar-refractivity contribution in [2.24, 2.45) is 5.10 Å². The van der Waals surface area contributed by atoms with Gasteiger partial charge in [0.05, 0.1) is 11.9 Å². The smallest absolute Gasteiger partial charge is 0.268 e. The van der Waals surface area contributed by atoms with Crippen LogP contribution in [0, 0.1) is 0 Å². The fourth-order valence-electron chi connectivity index (χ4n) is 3.06. The van der Waals surface area contributed by atoms with Gasteiger partial charge in [-0.1, -0.05) is 24.3 Å². The molecule has 0 radical (unpaired) electrons. The van der Waals surface area contributed by atoms with Gasteiger partial charge in [-0.15, -0.1) is 0 Å². The zero-order chi connectivity index (χ0) is 17.1. The minimum absolute atomic E-state index is 0.105. The second kappa shape index (κ2) is 6.76. The van der Waals surface area contributed by atoms with Crippen molar-refractivity contribution in [3.63, 3.8) is 0 Å². The molecule has 0 saturated carbocycles. The lowest BCUT2D eigenvalue weighted by molar-refractivity contribution is 0.916. The summed E-state index contributed by atoms with van der Waals surface area (Å²) in [6.07, 6.45) is 5.55. The molecular formula is C19H19N5O. The number of rotatable bonds is 4. The Morgan fingerprint density at radius 3 is 2.60 bits per heavy atom. The molecule has 6 nitrogen and oxygen atoms in total. The quantitative estimate of drug-likeness (QED) is 0.589. The largest absolute Gasteiger partial charge is 0.356 e. The van der Waals surface area contributed by atoms with Crippen molar-refractivity contribution in [1.29, 1.82) is 0 Å². The number of para-hydroxylation sites is 1. The summed E-state index contributed by atoms with van der Waals surface area (Å²) in [7, 11) is 0. The van der Waals surface area contributed by atoms with Crippen molar-refractivity contribution in [2.75, 3.05) is 23.4 Å². The Morgan fingerprint density at radius 2 is 1.80 bits per heavy atom. The maximum atomic E-state index is 12.9. The van der Waals surface area contributed by atoms with Crippen LogP contribution in [0.5, 0.6) is 0 Å². The zero-order valence-corrected chi connectivity index (χ0v) is 13.8. The Labute approximate surface area is 145 Å². The van der Waals surface area contributed by atoms with E-state index in [1.54, 1.807) is 16.8 Å². The van der Waals surface area contributed by atoms with Crippen molar-refractivity contribution in [3.05, 3.63) is 70.6 Å². The predicted octanol–water partition coefficient (Wildman–Crippen LogP) is 2.74. The molecule has 1 N–H and O–H groups in total. The highest BCUT2D eigenvalue weighted by Crippen LogP contribution is 2.20. The number of hydrazone groups is 1. The molecule has 6 heteroatoms. The normalized spacial score (nSPS) is 14.5. The van der Waals surface area contributed by atoms with Crippen LogP contribution < -0.4 is 15.9 Å². The molecule has 1 fully saturated rings. The number of anilines is 2. The van der Waals surface area contributed by atoms with E-state index in [0.717, 1.165) is 31.6 Å². The van der Waals surface area contributed by atoms with Gasteiger partial charge >= 0.3 is 0 Å². The molecule has 3 aromatic rings. The highest BCUT2D eigenvalue weighted by Gasteiger charge is 2.20. The fourth-order valence-corrected chi connectivity index (χ4v) is 3.06. The number of benzene rings is 1. The van der Waals surface area contributed by atoms with Crippen LogP contribution in [-0.4, -0.2) is 28.7 Å². The lowest BCUT2D eigenvalue weighted by Gasteiger charge is -2.19. The molecule has 0 atom stereocenters.